The van der Waals surface area contributed by atoms with E-state index in [0.717, 1.165) is 0 Å². The van der Waals surface area contributed by atoms with E-state index in [1.54, 1.807) is 0 Å². The van der Waals surface area contributed by atoms with E-state index in [-0.39, 0.29) is 30.5 Å². The minimum atomic E-state index is -0.498. The van der Waals surface area contributed by atoms with Gasteiger partial charge < -0.3 is 15.4 Å². The molecule has 0 saturated heterocycles. The summed E-state index contributed by atoms with van der Waals surface area (Å²) in [6.07, 6.45) is -0.498. The summed E-state index contributed by atoms with van der Waals surface area (Å²) in [5, 5.41) is 5.10. The molecule has 0 heterocycles. The van der Waals surface area contributed by atoms with E-state index in [2.05, 4.69) is 10.6 Å². The summed E-state index contributed by atoms with van der Waals surface area (Å²) in [6, 6.07) is 0. The first kappa shape index (κ1) is 14.0. The summed E-state index contributed by atoms with van der Waals surface area (Å²) in [7, 11) is 0. The number of carbonyl (C=O) groups excluding carboxylic acids is 2. The average Bonchev–Trinajstić information content (AvgIpc) is 2.09. The number of nitrogens with one attached hydrogen (secondary N) is 2. The maximum absolute atomic E-state index is 11.1. The fourth-order valence-electron chi connectivity index (χ4n) is 0.724. The lowest BCUT2D eigenvalue weighted by Crippen LogP contribution is -2.41. The lowest BCUT2D eigenvalue weighted by atomic mass is 10.1. The molecule has 0 radical (unpaired) electrons. The van der Waals surface area contributed by atoms with Gasteiger partial charge >= 0.3 is 6.09 Å². The van der Waals surface area contributed by atoms with Crippen molar-refractivity contribution in [2.24, 2.45) is 0 Å². The molecular weight excluding hydrogens is 220 g/mol. The molecule has 2 amide bonds. The van der Waals surface area contributed by atoms with Gasteiger partial charge in [0.2, 0.25) is 5.91 Å². The van der Waals surface area contributed by atoms with E-state index in [9.17, 15) is 9.59 Å². The Morgan fingerprint density at radius 2 is 1.93 bits per heavy atom. The molecule has 0 bridgehead atoms. The van der Waals surface area contributed by atoms with Gasteiger partial charge in [0.1, 0.15) is 12.5 Å². The molecule has 88 valence electrons. The van der Waals surface area contributed by atoms with Crippen LogP contribution in [-0.4, -0.2) is 36.6 Å². The van der Waals surface area contributed by atoms with Crippen molar-refractivity contribution in [3.05, 3.63) is 0 Å². The zero-order valence-electron chi connectivity index (χ0n) is 9.22. The average molecular weight is 237 g/mol. The van der Waals surface area contributed by atoms with Crippen molar-refractivity contribution in [1.82, 2.24) is 10.6 Å². The Labute approximate surface area is 94.5 Å². The number of ether oxygens (including phenoxy) is 1. The fourth-order valence-corrected chi connectivity index (χ4v) is 0.818. The maximum Gasteiger partial charge on any atom is 0.407 e. The third-order valence-corrected chi connectivity index (χ3v) is 1.50. The van der Waals surface area contributed by atoms with Crippen LogP contribution in [0.15, 0.2) is 0 Å². The van der Waals surface area contributed by atoms with E-state index in [1.165, 1.54) is 0 Å². The Morgan fingerprint density at radius 3 is 2.40 bits per heavy atom. The van der Waals surface area contributed by atoms with Crippen LogP contribution in [0.3, 0.4) is 0 Å². The monoisotopic (exact) mass is 236 g/mol. The topological polar surface area (TPSA) is 67.4 Å². The van der Waals surface area contributed by atoms with Crippen LogP contribution in [0, 0.1) is 0 Å². The van der Waals surface area contributed by atoms with Crippen LogP contribution < -0.4 is 10.6 Å². The van der Waals surface area contributed by atoms with Gasteiger partial charge in [0.15, 0.2) is 0 Å². The maximum atomic E-state index is 11.1. The van der Waals surface area contributed by atoms with Gasteiger partial charge in [-0.3, -0.25) is 4.79 Å². The first-order valence-electron chi connectivity index (χ1n) is 4.63. The van der Waals surface area contributed by atoms with Gasteiger partial charge in [-0.2, -0.15) is 0 Å². The Kier molecular flexibility index (Phi) is 6.08. The van der Waals surface area contributed by atoms with Crippen LogP contribution >= 0.6 is 11.6 Å². The van der Waals surface area contributed by atoms with Crippen molar-refractivity contribution >= 4 is 23.6 Å². The van der Waals surface area contributed by atoms with Crippen molar-refractivity contribution in [1.29, 1.82) is 0 Å². The second kappa shape index (κ2) is 6.50. The Morgan fingerprint density at radius 1 is 1.33 bits per heavy atom. The molecule has 0 aliphatic rings. The van der Waals surface area contributed by atoms with E-state index in [0.29, 0.717) is 0 Å². The molecule has 15 heavy (non-hydrogen) atoms. The number of carbonyl (C=O) groups is 2. The van der Waals surface area contributed by atoms with Crippen molar-refractivity contribution < 1.29 is 14.3 Å². The van der Waals surface area contributed by atoms with Gasteiger partial charge in [-0.15, -0.1) is 11.6 Å². The number of alkyl carbamates (subject to hydrolysis) is 1. The van der Waals surface area contributed by atoms with Crippen molar-refractivity contribution in [2.75, 3.05) is 19.0 Å². The number of rotatable bonds is 4. The van der Waals surface area contributed by atoms with Crippen LogP contribution in [0.5, 0.6) is 0 Å². The molecule has 0 atom stereocenters. The zero-order chi connectivity index (χ0) is 11.9. The first-order chi connectivity index (χ1) is 6.85. The second-order valence-corrected chi connectivity index (χ2v) is 4.26. The fraction of sp³-hybridized carbons (Fsp3) is 0.778. The molecule has 6 heteroatoms. The Hall–Kier alpha value is -0.970. The number of hydrogen-bond acceptors (Lipinski definition) is 3. The predicted octanol–water partition coefficient (Wildman–Crippen LogP) is 0.866. The highest BCUT2D eigenvalue weighted by Gasteiger charge is 2.14. The smallest absolute Gasteiger partial charge is 0.407 e. The number of amides is 2. The van der Waals surface area contributed by atoms with Crippen molar-refractivity contribution in [2.45, 2.75) is 26.3 Å². The lowest BCUT2D eigenvalue weighted by molar-refractivity contribution is -0.118. The standard InChI is InChI=1S/C9H17ClN2O3/c1-9(2,3)12-8(14)15-5-4-11-7(13)6-10/h4-6H2,1-3H3,(H,11,13)(H,12,14). The van der Waals surface area contributed by atoms with E-state index >= 15 is 0 Å². The highest BCUT2D eigenvalue weighted by molar-refractivity contribution is 6.27. The van der Waals surface area contributed by atoms with Gasteiger partial charge in [-0.05, 0) is 20.8 Å². The normalized spacial score (nSPS) is 10.7. The molecule has 0 aromatic carbocycles. The largest absolute Gasteiger partial charge is 0.448 e. The summed E-state index contributed by atoms with van der Waals surface area (Å²) in [4.78, 5) is 21.8. The van der Waals surface area contributed by atoms with Crippen LogP contribution in [-0.2, 0) is 9.53 Å². The first-order valence-corrected chi connectivity index (χ1v) is 5.16. The molecule has 2 N–H and O–H groups in total. The molecule has 0 spiro atoms. The van der Waals surface area contributed by atoms with Crippen molar-refractivity contribution in [3.63, 3.8) is 0 Å². The zero-order valence-corrected chi connectivity index (χ0v) is 9.98. The van der Waals surface area contributed by atoms with Gasteiger partial charge in [-0.25, -0.2) is 4.79 Å². The molecule has 0 aromatic heterocycles. The Bertz CT molecular complexity index is 226. The van der Waals surface area contributed by atoms with Gasteiger partial charge in [0.25, 0.3) is 0 Å². The summed E-state index contributed by atoms with van der Waals surface area (Å²) in [5.74, 6) is -0.370. The molecule has 0 unspecified atom stereocenters. The number of alkyl halides is 1. The van der Waals surface area contributed by atoms with Gasteiger partial charge in [-0.1, -0.05) is 0 Å². The summed E-state index contributed by atoms with van der Waals surface area (Å²) in [6.45, 7) is 5.95. The Balaban J connectivity index is 3.52. The molecule has 0 aliphatic heterocycles. The summed E-state index contributed by atoms with van der Waals surface area (Å²) in [5.41, 5.74) is -0.323. The number of halogens is 1. The summed E-state index contributed by atoms with van der Waals surface area (Å²) >= 11 is 5.25. The highest BCUT2D eigenvalue weighted by Crippen LogP contribution is 1.98. The molecule has 0 aliphatic carbocycles. The lowest BCUT2D eigenvalue weighted by Gasteiger charge is -2.19. The van der Waals surface area contributed by atoms with Crippen molar-refractivity contribution in [3.8, 4) is 0 Å². The third kappa shape index (κ3) is 9.34. The van der Waals surface area contributed by atoms with E-state index in [4.69, 9.17) is 16.3 Å². The molecule has 0 aromatic rings. The minimum Gasteiger partial charge on any atom is -0.448 e. The van der Waals surface area contributed by atoms with E-state index in [1.807, 2.05) is 20.8 Å². The molecule has 0 fully saturated rings. The molecule has 0 rings (SSSR count). The van der Waals surface area contributed by atoms with Gasteiger partial charge in [0.05, 0.1) is 6.54 Å². The van der Waals surface area contributed by atoms with E-state index < -0.39 is 6.09 Å². The van der Waals surface area contributed by atoms with Crippen LogP contribution in [0.2, 0.25) is 0 Å². The van der Waals surface area contributed by atoms with Crippen LogP contribution in [0.4, 0.5) is 4.79 Å². The molecule has 0 saturated carbocycles. The predicted molar refractivity (Wildman–Crippen MR) is 58.0 cm³/mol. The van der Waals surface area contributed by atoms with Crippen LogP contribution in [0.25, 0.3) is 0 Å². The highest BCUT2D eigenvalue weighted by atomic mass is 35.5. The molecular formula is C9H17ClN2O3. The molecule has 5 nitrogen and oxygen atoms in total. The third-order valence-electron chi connectivity index (χ3n) is 1.26. The van der Waals surface area contributed by atoms with Crippen LogP contribution in [0.1, 0.15) is 20.8 Å². The quantitative estimate of drug-likeness (QED) is 0.562. The SMILES string of the molecule is CC(C)(C)NC(=O)OCCNC(=O)CCl. The second-order valence-electron chi connectivity index (χ2n) is 3.99. The van der Waals surface area contributed by atoms with Gasteiger partial charge in [0, 0.05) is 5.54 Å². The summed E-state index contributed by atoms with van der Waals surface area (Å²) < 4.78 is 4.81. The number of hydrogen-bond donors (Lipinski definition) is 2. The minimum absolute atomic E-state index is 0.0891.